The van der Waals surface area contributed by atoms with Crippen LogP contribution in [0.3, 0.4) is 0 Å². The maximum absolute atomic E-state index is 11.4. The van der Waals surface area contributed by atoms with Crippen molar-refractivity contribution in [1.29, 1.82) is 0 Å². The molecule has 3 aromatic rings. The molecular weight excluding hydrogens is 304 g/mol. The highest BCUT2D eigenvalue weighted by molar-refractivity contribution is 7.90. The molecule has 0 radical (unpaired) electrons. The van der Waals surface area contributed by atoms with Crippen molar-refractivity contribution in [1.82, 2.24) is 19.7 Å². The van der Waals surface area contributed by atoms with Crippen LogP contribution in [0, 0.1) is 0 Å². The Kier molecular flexibility index (Phi) is 3.53. The highest BCUT2D eigenvalue weighted by atomic mass is 32.2. The van der Waals surface area contributed by atoms with Crippen LogP contribution in [0.1, 0.15) is 18.9 Å². The number of benzene rings is 1. The van der Waals surface area contributed by atoms with E-state index in [2.05, 4.69) is 15.1 Å². The summed E-state index contributed by atoms with van der Waals surface area (Å²) in [6.45, 7) is 1.92. The summed E-state index contributed by atoms with van der Waals surface area (Å²) in [4.78, 5) is 8.59. The molecule has 0 N–H and O–H groups in total. The first kappa shape index (κ1) is 14.5. The first-order valence-corrected chi connectivity index (χ1v) is 8.46. The molecule has 3 rings (SSSR count). The lowest BCUT2D eigenvalue weighted by Crippen LogP contribution is -2.04. The van der Waals surface area contributed by atoms with E-state index < -0.39 is 9.84 Å². The maximum Gasteiger partial charge on any atom is 0.249 e. The van der Waals surface area contributed by atoms with Gasteiger partial charge in [0, 0.05) is 24.2 Å². The van der Waals surface area contributed by atoms with Crippen molar-refractivity contribution in [2.75, 3.05) is 6.26 Å². The van der Waals surface area contributed by atoms with E-state index in [0.29, 0.717) is 17.3 Å². The molecule has 0 aliphatic carbocycles. The lowest BCUT2D eigenvalue weighted by molar-refractivity contribution is 0.345. The van der Waals surface area contributed by atoms with Gasteiger partial charge in [-0.15, -0.1) is 0 Å². The number of rotatable bonds is 4. The number of nitrogens with zero attached hydrogens (tertiary/aromatic N) is 4. The molecule has 22 heavy (non-hydrogen) atoms. The molecule has 2 heterocycles. The van der Waals surface area contributed by atoms with Gasteiger partial charge in [0.15, 0.2) is 9.84 Å². The average molecular weight is 318 g/mol. The molecular formula is C14H14N4O3S. The first-order chi connectivity index (χ1) is 10.4. The van der Waals surface area contributed by atoms with Crippen molar-refractivity contribution in [2.45, 2.75) is 17.9 Å². The van der Waals surface area contributed by atoms with E-state index in [1.54, 1.807) is 24.7 Å². The zero-order chi connectivity index (χ0) is 15.7. The van der Waals surface area contributed by atoms with Gasteiger partial charge in [-0.3, -0.25) is 0 Å². The molecule has 0 fully saturated rings. The average Bonchev–Trinajstić information content (AvgIpc) is 3.17. The summed E-state index contributed by atoms with van der Waals surface area (Å²) < 4.78 is 30.0. The van der Waals surface area contributed by atoms with E-state index in [4.69, 9.17) is 4.52 Å². The van der Waals surface area contributed by atoms with Crippen molar-refractivity contribution in [3.8, 4) is 11.4 Å². The van der Waals surface area contributed by atoms with Gasteiger partial charge in [0.25, 0.3) is 0 Å². The minimum absolute atomic E-state index is 0.126. The fourth-order valence-electron chi connectivity index (χ4n) is 2.00. The fraction of sp³-hybridized carbons (Fsp3) is 0.214. The summed E-state index contributed by atoms with van der Waals surface area (Å²) in [5.74, 6) is 0.877. The zero-order valence-electron chi connectivity index (χ0n) is 12.0. The molecule has 7 nitrogen and oxygen atoms in total. The molecule has 8 heteroatoms. The van der Waals surface area contributed by atoms with Crippen LogP contribution in [-0.2, 0) is 9.84 Å². The van der Waals surface area contributed by atoms with Gasteiger partial charge in [0.1, 0.15) is 6.04 Å². The Bertz CT molecular complexity index is 867. The Labute approximate surface area is 127 Å². The van der Waals surface area contributed by atoms with Gasteiger partial charge in [-0.25, -0.2) is 13.4 Å². The molecule has 0 unspecified atom stereocenters. The number of imidazole rings is 1. The third-order valence-electron chi connectivity index (χ3n) is 3.31. The summed E-state index contributed by atoms with van der Waals surface area (Å²) >= 11 is 0. The number of aromatic nitrogens is 4. The highest BCUT2D eigenvalue weighted by Crippen LogP contribution is 2.22. The van der Waals surface area contributed by atoms with Gasteiger partial charge >= 0.3 is 0 Å². The van der Waals surface area contributed by atoms with Crippen LogP contribution in [-0.4, -0.2) is 34.4 Å². The van der Waals surface area contributed by atoms with E-state index in [0.717, 1.165) is 0 Å². The van der Waals surface area contributed by atoms with Crippen LogP contribution >= 0.6 is 0 Å². The topological polar surface area (TPSA) is 90.9 Å². The van der Waals surface area contributed by atoms with Gasteiger partial charge in [0.2, 0.25) is 11.7 Å². The number of hydrogen-bond donors (Lipinski definition) is 0. The van der Waals surface area contributed by atoms with Gasteiger partial charge in [-0.05, 0) is 31.2 Å². The largest absolute Gasteiger partial charge is 0.337 e. The molecule has 2 aromatic heterocycles. The second-order valence-corrected chi connectivity index (χ2v) is 6.95. The van der Waals surface area contributed by atoms with Gasteiger partial charge in [-0.2, -0.15) is 4.98 Å². The molecule has 0 saturated heterocycles. The molecule has 0 aliphatic heterocycles. The van der Waals surface area contributed by atoms with Gasteiger partial charge in [-0.1, -0.05) is 5.16 Å². The first-order valence-electron chi connectivity index (χ1n) is 6.56. The lowest BCUT2D eigenvalue weighted by Gasteiger charge is -2.06. The highest BCUT2D eigenvalue weighted by Gasteiger charge is 2.16. The third-order valence-corrected chi connectivity index (χ3v) is 4.44. The van der Waals surface area contributed by atoms with Crippen LogP contribution in [0.5, 0.6) is 0 Å². The standard InChI is InChI=1S/C14H14N4O3S/c1-10(18-8-7-15-9-18)14-16-13(17-21-14)11-3-5-12(6-4-11)22(2,19)20/h3-10H,1-2H3/t10-/m0/s1. The maximum atomic E-state index is 11.4. The molecule has 0 amide bonds. The van der Waals surface area contributed by atoms with Crippen molar-refractivity contribution >= 4 is 9.84 Å². The van der Waals surface area contributed by atoms with Crippen molar-refractivity contribution in [3.05, 3.63) is 48.9 Å². The van der Waals surface area contributed by atoms with E-state index >= 15 is 0 Å². The summed E-state index contributed by atoms with van der Waals surface area (Å²) in [6.07, 6.45) is 6.34. The number of hydrogen-bond acceptors (Lipinski definition) is 6. The predicted molar refractivity (Wildman–Crippen MR) is 78.9 cm³/mol. The summed E-state index contributed by atoms with van der Waals surface area (Å²) in [5.41, 5.74) is 0.695. The second-order valence-electron chi connectivity index (χ2n) is 4.94. The van der Waals surface area contributed by atoms with E-state index in [1.807, 2.05) is 17.7 Å². The smallest absolute Gasteiger partial charge is 0.249 e. The fourth-order valence-corrected chi connectivity index (χ4v) is 2.63. The molecule has 0 bridgehead atoms. The van der Waals surface area contributed by atoms with Crippen LogP contribution in [0.2, 0.25) is 0 Å². The van der Waals surface area contributed by atoms with Gasteiger partial charge < -0.3 is 9.09 Å². The molecule has 0 aliphatic rings. The normalized spacial score (nSPS) is 13.2. The van der Waals surface area contributed by atoms with Crippen LogP contribution < -0.4 is 0 Å². The zero-order valence-corrected chi connectivity index (χ0v) is 12.9. The minimum Gasteiger partial charge on any atom is -0.337 e. The van der Waals surface area contributed by atoms with Crippen LogP contribution in [0.15, 0.2) is 52.4 Å². The number of sulfone groups is 1. The summed E-state index contributed by atoms with van der Waals surface area (Å²) in [6, 6.07) is 6.25. The molecule has 0 spiro atoms. The Hall–Kier alpha value is -2.48. The van der Waals surface area contributed by atoms with Crippen molar-refractivity contribution < 1.29 is 12.9 Å². The predicted octanol–water partition coefficient (Wildman–Crippen LogP) is 1.95. The molecule has 114 valence electrons. The molecule has 1 aromatic carbocycles. The molecule has 0 saturated carbocycles. The van der Waals surface area contributed by atoms with Crippen LogP contribution in [0.25, 0.3) is 11.4 Å². The Balaban J connectivity index is 1.88. The third kappa shape index (κ3) is 2.77. The Morgan fingerprint density at radius 1 is 1.23 bits per heavy atom. The summed E-state index contributed by atoms with van der Waals surface area (Å²) in [7, 11) is -3.21. The SMILES string of the molecule is C[C@@H](c1nc(-c2ccc(S(C)(=O)=O)cc2)no1)n1ccnc1. The van der Waals surface area contributed by atoms with Crippen molar-refractivity contribution in [2.24, 2.45) is 0 Å². The van der Waals surface area contributed by atoms with E-state index in [1.165, 1.54) is 18.4 Å². The monoisotopic (exact) mass is 318 g/mol. The lowest BCUT2D eigenvalue weighted by atomic mass is 10.2. The Morgan fingerprint density at radius 3 is 2.55 bits per heavy atom. The van der Waals surface area contributed by atoms with Crippen LogP contribution in [0.4, 0.5) is 0 Å². The van der Waals surface area contributed by atoms with E-state index in [9.17, 15) is 8.42 Å². The Morgan fingerprint density at radius 2 is 1.95 bits per heavy atom. The van der Waals surface area contributed by atoms with Crippen molar-refractivity contribution in [3.63, 3.8) is 0 Å². The van der Waals surface area contributed by atoms with Gasteiger partial charge in [0.05, 0.1) is 11.2 Å². The molecule has 1 atom stereocenters. The minimum atomic E-state index is -3.21. The second kappa shape index (κ2) is 5.38. The van der Waals surface area contributed by atoms with E-state index in [-0.39, 0.29) is 10.9 Å². The quantitative estimate of drug-likeness (QED) is 0.730. The summed E-state index contributed by atoms with van der Waals surface area (Å²) in [5, 5.41) is 3.94.